The summed E-state index contributed by atoms with van der Waals surface area (Å²) in [6, 6.07) is 4.46. The highest BCUT2D eigenvalue weighted by Crippen LogP contribution is 2.16. The highest BCUT2D eigenvalue weighted by atomic mass is 15.3. The van der Waals surface area contributed by atoms with E-state index in [1.165, 1.54) is 5.69 Å². The molecule has 0 fully saturated rings. The van der Waals surface area contributed by atoms with Gasteiger partial charge in [0.25, 0.3) is 0 Å². The minimum Gasteiger partial charge on any atom is -0.302 e. The SMILES string of the molecule is CCC(C#N)(CCCn1nc(C)cc1C)NC. The first kappa shape index (κ1) is 13.7. The molecule has 4 nitrogen and oxygen atoms in total. The van der Waals surface area contributed by atoms with Crippen molar-refractivity contribution >= 4 is 0 Å². The number of nitrogens with one attached hydrogen (secondary N) is 1. The fourth-order valence-electron chi connectivity index (χ4n) is 2.10. The molecule has 1 unspecified atom stereocenters. The first-order valence-corrected chi connectivity index (χ1v) is 6.18. The van der Waals surface area contributed by atoms with Crippen LogP contribution in [0.3, 0.4) is 0 Å². The maximum atomic E-state index is 9.20. The van der Waals surface area contributed by atoms with Crippen LogP contribution in [0, 0.1) is 25.2 Å². The molecule has 4 heteroatoms. The molecule has 0 aromatic carbocycles. The number of aromatic nitrogens is 2. The Kier molecular flexibility index (Phi) is 4.71. The van der Waals surface area contributed by atoms with E-state index >= 15 is 0 Å². The van der Waals surface area contributed by atoms with Crippen molar-refractivity contribution in [1.29, 1.82) is 5.26 Å². The minimum absolute atomic E-state index is 0.379. The van der Waals surface area contributed by atoms with E-state index < -0.39 is 0 Å². The highest BCUT2D eigenvalue weighted by Gasteiger charge is 2.24. The summed E-state index contributed by atoms with van der Waals surface area (Å²) in [5, 5.41) is 16.7. The Bertz CT molecular complexity index is 396. The van der Waals surface area contributed by atoms with Crippen molar-refractivity contribution in [2.24, 2.45) is 0 Å². The summed E-state index contributed by atoms with van der Waals surface area (Å²) in [6.45, 7) is 6.99. The average molecular weight is 234 g/mol. The molecular weight excluding hydrogens is 212 g/mol. The van der Waals surface area contributed by atoms with Crippen molar-refractivity contribution in [3.05, 3.63) is 17.5 Å². The monoisotopic (exact) mass is 234 g/mol. The Morgan fingerprint density at radius 2 is 2.24 bits per heavy atom. The molecule has 0 aliphatic carbocycles. The Balaban J connectivity index is 2.53. The lowest BCUT2D eigenvalue weighted by atomic mass is 9.92. The van der Waals surface area contributed by atoms with Crippen LogP contribution >= 0.6 is 0 Å². The molecular formula is C13H22N4. The molecule has 94 valence electrons. The van der Waals surface area contributed by atoms with Crippen molar-refractivity contribution in [3.8, 4) is 6.07 Å². The van der Waals surface area contributed by atoms with E-state index in [2.05, 4.69) is 29.5 Å². The van der Waals surface area contributed by atoms with Crippen LogP contribution in [0.4, 0.5) is 0 Å². The largest absolute Gasteiger partial charge is 0.302 e. The van der Waals surface area contributed by atoms with Crippen LogP contribution in [0.1, 0.15) is 37.6 Å². The quantitative estimate of drug-likeness (QED) is 0.820. The molecule has 1 aromatic heterocycles. The molecule has 0 saturated heterocycles. The zero-order valence-electron chi connectivity index (χ0n) is 11.2. The van der Waals surface area contributed by atoms with E-state index in [1.807, 2.05) is 25.6 Å². The van der Waals surface area contributed by atoms with Crippen molar-refractivity contribution in [3.63, 3.8) is 0 Å². The van der Waals surface area contributed by atoms with E-state index in [-0.39, 0.29) is 5.54 Å². The molecule has 0 saturated carbocycles. The van der Waals surface area contributed by atoms with Crippen LogP contribution in [0.15, 0.2) is 6.07 Å². The third-order valence-corrected chi connectivity index (χ3v) is 3.37. The second-order valence-electron chi connectivity index (χ2n) is 4.55. The van der Waals surface area contributed by atoms with Gasteiger partial charge in [-0.2, -0.15) is 10.4 Å². The topological polar surface area (TPSA) is 53.6 Å². The molecule has 0 spiro atoms. The van der Waals surface area contributed by atoms with Crippen molar-refractivity contribution < 1.29 is 0 Å². The number of aryl methyl sites for hydroxylation is 3. The van der Waals surface area contributed by atoms with Gasteiger partial charge in [0.15, 0.2) is 0 Å². The Morgan fingerprint density at radius 1 is 1.53 bits per heavy atom. The lowest BCUT2D eigenvalue weighted by Crippen LogP contribution is -2.40. The van der Waals surface area contributed by atoms with Gasteiger partial charge in [0, 0.05) is 12.2 Å². The molecule has 1 rings (SSSR count). The third-order valence-electron chi connectivity index (χ3n) is 3.37. The molecule has 0 radical (unpaired) electrons. The summed E-state index contributed by atoms with van der Waals surface area (Å²) in [4.78, 5) is 0. The zero-order chi connectivity index (χ0) is 12.9. The Hall–Kier alpha value is -1.34. The molecule has 1 N–H and O–H groups in total. The summed E-state index contributed by atoms with van der Waals surface area (Å²) in [6.07, 6.45) is 2.65. The van der Waals surface area contributed by atoms with Gasteiger partial charge in [-0.25, -0.2) is 0 Å². The molecule has 0 bridgehead atoms. The Labute approximate surface area is 104 Å². The van der Waals surface area contributed by atoms with E-state index in [0.29, 0.717) is 0 Å². The van der Waals surface area contributed by atoms with E-state index in [0.717, 1.165) is 31.5 Å². The van der Waals surface area contributed by atoms with Crippen molar-refractivity contribution in [2.45, 2.75) is 52.1 Å². The van der Waals surface area contributed by atoms with Gasteiger partial charge >= 0.3 is 0 Å². The normalized spacial score (nSPS) is 14.3. The van der Waals surface area contributed by atoms with E-state index in [1.54, 1.807) is 0 Å². The fraction of sp³-hybridized carbons (Fsp3) is 0.692. The lowest BCUT2D eigenvalue weighted by Gasteiger charge is -2.24. The molecule has 0 aliphatic heterocycles. The molecule has 1 atom stereocenters. The second kappa shape index (κ2) is 5.83. The predicted octanol–water partition coefficient (Wildman–Crippen LogP) is 2.17. The van der Waals surface area contributed by atoms with Gasteiger partial charge < -0.3 is 5.32 Å². The van der Waals surface area contributed by atoms with E-state index in [9.17, 15) is 5.26 Å². The smallest absolute Gasteiger partial charge is 0.106 e. The summed E-state index contributed by atoms with van der Waals surface area (Å²) < 4.78 is 2.02. The van der Waals surface area contributed by atoms with Gasteiger partial charge in [-0.1, -0.05) is 6.92 Å². The standard InChI is InChI=1S/C13H22N4/c1-5-13(10-14,15-4)7-6-8-17-12(3)9-11(2)16-17/h9,15H,5-8H2,1-4H3. The number of nitrogens with zero attached hydrogens (tertiary/aromatic N) is 3. The van der Waals surface area contributed by atoms with Crippen LogP contribution in [0.5, 0.6) is 0 Å². The lowest BCUT2D eigenvalue weighted by molar-refractivity contribution is 0.374. The van der Waals surface area contributed by atoms with Crippen LogP contribution in [0.2, 0.25) is 0 Å². The summed E-state index contributed by atoms with van der Waals surface area (Å²) in [5.74, 6) is 0. The second-order valence-corrected chi connectivity index (χ2v) is 4.55. The molecule has 0 amide bonds. The van der Waals surface area contributed by atoms with Gasteiger partial charge in [0.1, 0.15) is 5.54 Å². The fourth-order valence-corrected chi connectivity index (χ4v) is 2.10. The summed E-state index contributed by atoms with van der Waals surface area (Å²) >= 11 is 0. The van der Waals surface area contributed by atoms with Crippen molar-refractivity contribution in [2.75, 3.05) is 7.05 Å². The molecule has 17 heavy (non-hydrogen) atoms. The van der Waals surface area contributed by atoms with Gasteiger partial charge in [0.05, 0.1) is 11.8 Å². The average Bonchev–Trinajstić information content (AvgIpc) is 2.64. The number of rotatable bonds is 6. The van der Waals surface area contributed by atoms with Gasteiger partial charge in [-0.15, -0.1) is 0 Å². The third kappa shape index (κ3) is 3.31. The number of hydrogen-bond acceptors (Lipinski definition) is 3. The van der Waals surface area contributed by atoms with Gasteiger partial charge in [0.2, 0.25) is 0 Å². The minimum atomic E-state index is -0.379. The van der Waals surface area contributed by atoms with Crippen LogP contribution in [0.25, 0.3) is 0 Å². The van der Waals surface area contributed by atoms with Crippen molar-refractivity contribution in [1.82, 2.24) is 15.1 Å². The molecule has 1 aromatic rings. The van der Waals surface area contributed by atoms with Crippen LogP contribution in [-0.2, 0) is 6.54 Å². The number of nitriles is 1. The molecule has 0 aliphatic rings. The molecule has 1 heterocycles. The zero-order valence-corrected chi connectivity index (χ0v) is 11.2. The maximum absolute atomic E-state index is 9.20. The Morgan fingerprint density at radius 3 is 2.65 bits per heavy atom. The first-order chi connectivity index (χ1) is 8.06. The summed E-state index contributed by atoms with van der Waals surface area (Å²) in [7, 11) is 1.86. The maximum Gasteiger partial charge on any atom is 0.106 e. The predicted molar refractivity (Wildman–Crippen MR) is 68.6 cm³/mol. The summed E-state index contributed by atoms with van der Waals surface area (Å²) in [5.41, 5.74) is 1.86. The van der Waals surface area contributed by atoms with Gasteiger partial charge in [-0.05, 0) is 46.2 Å². The first-order valence-electron chi connectivity index (χ1n) is 6.18. The van der Waals surface area contributed by atoms with Gasteiger partial charge in [-0.3, -0.25) is 4.68 Å². The van der Waals surface area contributed by atoms with Crippen LogP contribution in [-0.4, -0.2) is 22.4 Å². The highest BCUT2D eigenvalue weighted by molar-refractivity contribution is 5.07. The number of hydrogen-bond donors (Lipinski definition) is 1. The van der Waals surface area contributed by atoms with E-state index in [4.69, 9.17) is 0 Å². The van der Waals surface area contributed by atoms with Crippen LogP contribution < -0.4 is 5.32 Å².